The van der Waals surface area contributed by atoms with Gasteiger partial charge in [0.05, 0.1) is 12.2 Å². The number of ether oxygens (including phenoxy) is 1. The summed E-state index contributed by atoms with van der Waals surface area (Å²) in [5, 5.41) is 10.1. The summed E-state index contributed by atoms with van der Waals surface area (Å²) in [6.45, 7) is 0.739. The molecule has 88 valence electrons. The molecule has 0 aliphatic carbocycles. The summed E-state index contributed by atoms with van der Waals surface area (Å²) in [5.74, 6) is -1.22. The third-order valence-electron chi connectivity index (χ3n) is 2.87. The molecule has 1 fully saturated rings. The molecule has 16 heavy (non-hydrogen) atoms. The fourth-order valence-electron chi connectivity index (χ4n) is 2.01. The first-order chi connectivity index (χ1) is 7.61. The van der Waals surface area contributed by atoms with Gasteiger partial charge in [-0.2, -0.15) is 0 Å². The average Bonchev–Trinajstić information content (AvgIpc) is 2.25. The van der Waals surface area contributed by atoms with E-state index in [2.05, 4.69) is 0 Å². The van der Waals surface area contributed by atoms with E-state index >= 15 is 0 Å². The quantitative estimate of drug-likeness (QED) is 0.839. The van der Waals surface area contributed by atoms with Gasteiger partial charge in [-0.3, -0.25) is 0 Å². The third kappa shape index (κ3) is 2.39. The van der Waals surface area contributed by atoms with Crippen LogP contribution in [-0.4, -0.2) is 23.9 Å². The Kier molecular flexibility index (Phi) is 3.21. The summed E-state index contributed by atoms with van der Waals surface area (Å²) in [5.41, 5.74) is -1.20. The Morgan fingerprint density at radius 1 is 1.31 bits per heavy atom. The summed E-state index contributed by atoms with van der Waals surface area (Å²) in [6.07, 6.45) is 1.19. The van der Waals surface area contributed by atoms with Gasteiger partial charge in [-0.25, -0.2) is 8.78 Å². The van der Waals surface area contributed by atoms with Crippen molar-refractivity contribution < 1.29 is 18.6 Å². The molecule has 0 radical (unpaired) electrons. The zero-order chi connectivity index (χ0) is 11.6. The van der Waals surface area contributed by atoms with Crippen LogP contribution in [-0.2, 0) is 11.2 Å². The van der Waals surface area contributed by atoms with Gasteiger partial charge in [0, 0.05) is 18.6 Å². The van der Waals surface area contributed by atoms with Crippen molar-refractivity contribution in [2.24, 2.45) is 0 Å². The van der Waals surface area contributed by atoms with Crippen molar-refractivity contribution in [2.75, 3.05) is 13.2 Å². The molecular weight excluding hydrogens is 214 g/mol. The van der Waals surface area contributed by atoms with Crippen LogP contribution in [0, 0.1) is 11.6 Å². The second-order valence-corrected chi connectivity index (χ2v) is 4.26. The van der Waals surface area contributed by atoms with Gasteiger partial charge in [-0.1, -0.05) is 6.07 Å². The van der Waals surface area contributed by atoms with Crippen molar-refractivity contribution in [2.45, 2.75) is 24.9 Å². The van der Waals surface area contributed by atoms with Crippen LogP contribution in [0.4, 0.5) is 8.78 Å². The van der Waals surface area contributed by atoms with Crippen LogP contribution in [0.1, 0.15) is 18.4 Å². The first-order valence-corrected chi connectivity index (χ1v) is 5.34. The van der Waals surface area contributed by atoms with Crippen LogP contribution in [0.15, 0.2) is 18.2 Å². The van der Waals surface area contributed by atoms with Gasteiger partial charge in [0.25, 0.3) is 0 Å². The van der Waals surface area contributed by atoms with Gasteiger partial charge in [0.1, 0.15) is 11.6 Å². The van der Waals surface area contributed by atoms with Crippen molar-refractivity contribution in [3.8, 4) is 0 Å². The lowest BCUT2D eigenvalue weighted by Gasteiger charge is -2.32. The average molecular weight is 228 g/mol. The summed E-state index contributed by atoms with van der Waals surface area (Å²) in [7, 11) is 0. The van der Waals surface area contributed by atoms with Crippen molar-refractivity contribution >= 4 is 0 Å². The molecule has 2 rings (SSSR count). The lowest BCUT2D eigenvalue weighted by Crippen LogP contribution is -2.41. The molecule has 1 aromatic rings. The highest BCUT2D eigenvalue weighted by atomic mass is 19.1. The molecule has 0 aromatic heterocycles. The van der Waals surface area contributed by atoms with Crippen molar-refractivity contribution in [1.29, 1.82) is 0 Å². The molecule has 1 aromatic carbocycles. The smallest absolute Gasteiger partial charge is 0.129 e. The molecule has 2 nitrogen and oxygen atoms in total. The Bertz CT molecular complexity index is 353. The summed E-state index contributed by atoms with van der Waals surface area (Å²) >= 11 is 0. The maximum atomic E-state index is 13.4. The fourth-order valence-corrected chi connectivity index (χ4v) is 2.01. The normalized spacial score (nSPS) is 25.7. The minimum Gasteiger partial charge on any atom is -0.387 e. The summed E-state index contributed by atoms with van der Waals surface area (Å²) < 4.78 is 31.9. The molecule has 4 heteroatoms. The Morgan fingerprint density at radius 3 is 2.56 bits per heavy atom. The highest BCUT2D eigenvalue weighted by Crippen LogP contribution is 2.26. The first kappa shape index (κ1) is 11.5. The van der Waals surface area contributed by atoms with Gasteiger partial charge < -0.3 is 9.84 Å². The van der Waals surface area contributed by atoms with Crippen molar-refractivity contribution in [3.63, 3.8) is 0 Å². The van der Waals surface area contributed by atoms with E-state index in [1.165, 1.54) is 18.2 Å². The molecular formula is C12H14F2O2. The highest BCUT2D eigenvalue weighted by molar-refractivity contribution is 5.21. The first-order valence-electron chi connectivity index (χ1n) is 5.34. The Hall–Kier alpha value is -1.00. The van der Waals surface area contributed by atoms with E-state index in [-0.39, 0.29) is 18.6 Å². The Morgan fingerprint density at radius 2 is 2.00 bits per heavy atom. The maximum Gasteiger partial charge on any atom is 0.129 e. The zero-order valence-electron chi connectivity index (χ0n) is 8.88. The molecule has 1 aliphatic rings. The highest BCUT2D eigenvalue weighted by Gasteiger charge is 2.32. The third-order valence-corrected chi connectivity index (χ3v) is 2.87. The molecule has 1 saturated heterocycles. The molecule has 0 amide bonds. The minimum atomic E-state index is -1.14. The monoisotopic (exact) mass is 228 g/mol. The van der Waals surface area contributed by atoms with Gasteiger partial charge in [-0.15, -0.1) is 0 Å². The number of hydrogen-bond acceptors (Lipinski definition) is 2. The van der Waals surface area contributed by atoms with Gasteiger partial charge in [-0.05, 0) is 25.0 Å². The van der Waals surface area contributed by atoms with Gasteiger partial charge >= 0.3 is 0 Å². The van der Waals surface area contributed by atoms with E-state index in [9.17, 15) is 13.9 Å². The molecule has 1 N–H and O–H groups in total. The van der Waals surface area contributed by atoms with Crippen LogP contribution >= 0.6 is 0 Å². The fraction of sp³-hybridized carbons (Fsp3) is 0.500. The van der Waals surface area contributed by atoms with E-state index in [1.807, 2.05) is 0 Å². The second kappa shape index (κ2) is 4.47. The van der Waals surface area contributed by atoms with E-state index in [4.69, 9.17) is 4.74 Å². The number of hydrogen-bond donors (Lipinski definition) is 1. The lowest BCUT2D eigenvalue weighted by molar-refractivity contribution is -0.0852. The SMILES string of the molecule is OC1(Cc2c(F)cccc2F)CCCOC1. The number of benzene rings is 1. The van der Waals surface area contributed by atoms with Crippen LogP contribution in [0.25, 0.3) is 0 Å². The molecule has 0 saturated carbocycles. The van der Waals surface area contributed by atoms with Crippen LogP contribution in [0.2, 0.25) is 0 Å². The largest absolute Gasteiger partial charge is 0.387 e. The molecule has 1 atom stereocenters. The summed E-state index contributed by atoms with van der Waals surface area (Å²) in [6, 6.07) is 3.71. The molecule has 1 heterocycles. The molecule has 0 bridgehead atoms. The molecule has 1 aliphatic heterocycles. The standard InChI is InChI=1S/C12H14F2O2/c13-10-3-1-4-11(14)9(10)7-12(15)5-2-6-16-8-12/h1,3-4,15H,2,5-8H2. The molecule has 0 spiro atoms. The van der Waals surface area contributed by atoms with E-state index in [0.717, 1.165) is 0 Å². The van der Waals surface area contributed by atoms with Crippen molar-refractivity contribution in [3.05, 3.63) is 35.4 Å². The van der Waals surface area contributed by atoms with E-state index in [1.54, 1.807) is 0 Å². The van der Waals surface area contributed by atoms with Crippen LogP contribution in [0.3, 0.4) is 0 Å². The number of rotatable bonds is 2. The minimum absolute atomic E-state index is 0.0362. The Balaban J connectivity index is 2.19. The zero-order valence-corrected chi connectivity index (χ0v) is 8.88. The predicted molar refractivity (Wildman–Crippen MR) is 55.1 cm³/mol. The predicted octanol–water partition coefficient (Wildman–Crippen LogP) is 2.05. The van der Waals surface area contributed by atoms with Gasteiger partial charge in [0.2, 0.25) is 0 Å². The topological polar surface area (TPSA) is 29.5 Å². The number of halogens is 2. The van der Waals surface area contributed by atoms with E-state index < -0.39 is 17.2 Å². The van der Waals surface area contributed by atoms with E-state index in [0.29, 0.717) is 19.4 Å². The summed E-state index contributed by atoms with van der Waals surface area (Å²) in [4.78, 5) is 0. The Labute approximate surface area is 92.9 Å². The van der Waals surface area contributed by atoms with Crippen LogP contribution in [0.5, 0.6) is 0 Å². The maximum absolute atomic E-state index is 13.4. The van der Waals surface area contributed by atoms with Gasteiger partial charge in [0.15, 0.2) is 0 Å². The van der Waals surface area contributed by atoms with Crippen molar-refractivity contribution in [1.82, 2.24) is 0 Å². The van der Waals surface area contributed by atoms with Crippen LogP contribution < -0.4 is 0 Å². The lowest BCUT2D eigenvalue weighted by atomic mass is 9.89. The number of aliphatic hydroxyl groups is 1. The molecule has 1 unspecified atom stereocenters. The second-order valence-electron chi connectivity index (χ2n) is 4.26.